The Labute approximate surface area is 132 Å². The summed E-state index contributed by atoms with van der Waals surface area (Å²) >= 11 is 0. The predicted molar refractivity (Wildman–Crippen MR) is 90.7 cm³/mol. The molecule has 1 aliphatic carbocycles. The van der Waals surface area contributed by atoms with E-state index < -0.39 is 0 Å². The molecule has 124 valence electrons. The Balaban J connectivity index is 1.90. The van der Waals surface area contributed by atoms with Crippen molar-refractivity contribution in [1.29, 1.82) is 0 Å². The van der Waals surface area contributed by atoms with E-state index >= 15 is 0 Å². The van der Waals surface area contributed by atoms with Gasteiger partial charge in [0.1, 0.15) is 0 Å². The lowest BCUT2D eigenvalue weighted by Crippen LogP contribution is -2.48. The summed E-state index contributed by atoms with van der Waals surface area (Å²) in [6.45, 7) is 6.77. The highest BCUT2D eigenvalue weighted by molar-refractivity contribution is 4.93. The first-order chi connectivity index (χ1) is 10.3. The molecule has 1 saturated carbocycles. The zero-order valence-electron chi connectivity index (χ0n) is 14.5. The fourth-order valence-electron chi connectivity index (χ4n) is 4.40. The fraction of sp³-hybridized carbons (Fsp3) is 1.00. The van der Waals surface area contributed by atoms with E-state index in [4.69, 9.17) is 4.74 Å². The number of rotatable bonds is 8. The molecule has 0 aromatic rings. The van der Waals surface area contributed by atoms with Crippen molar-refractivity contribution >= 4 is 0 Å². The monoisotopic (exact) mass is 295 g/mol. The maximum Gasteiger partial charge on any atom is 0.0685 e. The van der Waals surface area contributed by atoms with E-state index in [0.717, 1.165) is 18.6 Å². The number of nitrogens with one attached hydrogen (secondary N) is 1. The van der Waals surface area contributed by atoms with Gasteiger partial charge in [-0.2, -0.15) is 0 Å². The molecule has 0 amide bonds. The Morgan fingerprint density at radius 3 is 2.62 bits per heavy atom. The van der Waals surface area contributed by atoms with Crippen molar-refractivity contribution in [3.05, 3.63) is 0 Å². The van der Waals surface area contributed by atoms with Gasteiger partial charge in [-0.05, 0) is 51.0 Å². The van der Waals surface area contributed by atoms with E-state index in [9.17, 15) is 0 Å². The summed E-state index contributed by atoms with van der Waals surface area (Å²) < 4.78 is 6.29. The van der Waals surface area contributed by atoms with E-state index in [2.05, 4.69) is 19.2 Å². The van der Waals surface area contributed by atoms with Crippen LogP contribution in [0, 0.1) is 5.92 Å². The van der Waals surface area contributed by atoms with E-state index in [0.29, 0.717) is 0 Å². The first-order valence-electron chi connectivity index (χ1n) is 9.67. The molecule has 1 heterocycles. The van der Waals surface area contributed by atoms with Gasteiger partial charge in [0.2, 0.25) is 0 Å². The minimum Gasteiger partial charge on any atom is -0.375 e. The number of hydrogen-bond donors (Lipinski definition) is 1. The lowest BCUT2D eigenvalue weighted by molar-refractivity contribution is -0.122. The molecule has 2 heteroatoms. The van der Waals surface area contributed by atoms with E-state index in [1.165, 1.54) is 83.6 Å². The Hall–Kier alpha value is -0.0800. The van der Waals surface area contributed by atoms with Gasteiger partial charge < -0.3 is 10.1 Å². The number of unbranched alkanes of at least 4 members (excludes halogenated alkanes) is 2. The van der Waals surface area contributed by atoms with Gasteiger partial charge in [0, 0.05) is 12.6 Å². The predicted octanol–water partition coefficient (Wildman–Crippen LogP) is 5.06. The maximum atomic E-state index is 6.29. The zero-order valence-corrected chi connectivity index (χ0v) is 14.5. The summed E-state index contributed by atoms with van der Waals surface area (Å²) in [4.78, 5) is 0. The Morgan fingerprint density at radius 2 is 1.90 bits per heavy atom. The van der Waals surface area contributed by atoms with Gasteiger partial charge in [-0.25, -0.2) is 0 Å². The Morgan fingerprint density at radius 1 is 1.10 bits per heavy atom. The summed E-state index contributed by atoms with van der Waals surface area (Å²) in [6, 6.07) is 0.735. The molecule has 2 atom stereocenters. The molecule has 2 rings (SSSR count). The van der Waals surface area contributed by atoms with Crippen molar-refractivity contribution < 1.29 is 4.74 Å². The van der Waals surface area contributed by atoms with Crippen molar-refractivity contribution in [3.63, 3.8) is 0 Å². The van der Waals surface area contributed by atoms with Crippen molar-refractivity contribution in [2.45, 2.75) is 103 Å². The molecule has 0 aromatic heterocycles. The molecule has 21 heavy (non-hydrogen) atoms. The topological polar surface area (TPSA) is 21.3 Å². The molecule has 2 fully saturated rings. The second-order valence-corrected chi connectivity index (χ2v) is 7.40. The van der Waals surface area contributed by atoms with Gasteiger partial charge in [-0.3, -0.25) is 0 Å². The normalized spacial score (nSPS) is 26.9. The van der Waals surface area contributed by atoms with Crippen LogP contribution >= 0.6 is 0 Å². The number of hydrogen-bond acceptors (Lipinski definition) is 2. The highest BCUT2D eigenvalue weighted by atomic mass is 16.5. The van der Waals surface area contributed by atoms with Crippen LogP contribution in [0.3, 0.4) is 0 Å². The molecule has 2 unspecified atom stereocenters. The van der Waals surface area contributed by atoms with Crippen LogP contribution in [0.2, 0.25) is 0 Å². The van der Waals surface area contributed by atoms with Gasteiger partial charge in [0.15, 0.2) is 0 Å². The Bertz CT molecular complexity index is 267. The molecule has 1 N–H and O–H groups in total. The van der Waals surface area contributed by atoms with Crippen LogP contribution in [-0.2, 0) is 4.74 Å². The fourth-order valence-corrected chi connectivity index (χ4v) is 4.40. The van der Waals surface area contributed by atoms with Crippen molar-refractivity contribution in [2.75, 3.05) is 13.2 Å². The molecule has 1 spiro atoms. The van der Waals surface area contributed by atoms with Crippen LogP contribution in [0.1, 0.15) is 90.9 Å². The van der Waals surface area contributed by atoms with Crippen LogP contribution < -0.4 is 5.32 Å². The minimum atomic E-state index is 0.262. The lowest BCUT2D eigenvalue weighted by Gasteiger charge is -2.45. The molecule has 2 nitrogen and oxygen atoms in total. The van der Waals surface area contributed by atoms with Crippen molar-refractivity contribution in [3.8, 4) is 0 Å². The average molecular weight is 296 g/mol. The quantitative estimate of drug-likeness (QED) is 0.632. The standard InChI is InChI=1S/C19H37NO/c1-3-5-7-10-18(20-14-4-2)17-11-15-21-19(16-17)12-8-6-9-13-19/h17-18,20H,3-16H2,1-2H3. The molecule has 2 aliphatic rings. The van der Waals surface area contributed by atoms with Gasteiger partial charge in [0.05, 0.1) is 5.60 Å². The molecular weight excluding hydrogens is 258 g/mol. The van der Waals surface area contributed by atoms with Crippen LogP contribution in [0.15, 0.2) is 0 Å². The summed E-state index contributed by atoms with van der Waals surface area (Å²) in [6.07, 6.45) is 16.1. The Kier molecular flexibility index (Phi) is 7.53. The molecular formula is C19H37NO. The molecule has 0 radical (unpaired) electrons. The summed E-state index contributed by atoms with van der Waals surface area (Å²) in [7, 11) is 0. The van der Waals surface area contributed by atoms with Crippen LogP contribution in [-0.4, -0.2) is 24.8 Å². The molecule has 1 saturated heterocycles. The van der Waals surface area contributed by atoms with E-state index in [-0.39, 0.29) is 5.60 Å². The first kappa shape index (κ1) is 17.3. The van der Waals surface area contributed by atoms with Gasteiger partial charge in [0.25, 0.3) is 0 Å². The highest BCUT2D eigenvalue weighted by Gasteiger charge is 2.40. The SMILES string of the molecule is CCCCCC(NCCC)C1CCOC2(CCCCC2)C1. The third-order valence-corrected chi connectivity index (χ3v) is 5.64. The van der Waals surface area contributed by atoms with E-state index in [1.54, 1.807) is 0 Å². The third-order valence-electron chi connectivity index (χ3n) is 5.64. The summed E-state index contributed by atoms with van der Waals surface area (Å²) in [5, 5.41) is 3.86. The second-order valence-electron chi connectivity index (χ2n) is 7.40. The summed E-state index contributed by atoms with van der Waals surface area (Å²) in [5.41, 5.74) is 0.262. The average Bonchev–Trinajstić information content (AvgIpc) is 2.51. The van der Waals surface area contributed by atoms with Crippen molar-refractivity contribution in [2.24, 2.45) is 5.92 Å². The third kappa shape index (κ3) is 5.25. The zero-order chi connectivity index (χ0) is 15.0. The van der Waals surface area contributed by atoms with Crippen molar-refractivity contribution in [1.82, 2.24) is 5.32 Å². The van der Waals surface area contributed by atoms with Gasteiger partial charge in [-0.1, -0.05) is 52.4 Å². The smallest absolute Gasteiger partial charge is 0.0685 e. The van der Waals surface area contributed by atoms with Crippen LogP contribution in [0.4, 0.5) is 0 Å². The molecule has 1 aliphatic heterocycles. The largest absolute Gasteiger partial charge is 0.375 e. The minimum absolute atomic E-state index is 0.262. The molecule has 0 aromatic carbocycles. The van der Waals surface area contributed by atoms with Gasteiger partial charge in [-0.15, -0.1) is 0 Å². The number of ether oxygens (including phenoxy) is 1. The lowest BCUT2D eigenvalue weighted by atomic mass is 9.73. The second kappa shape index (κ2) is 9.15. The van der Waals surface area contributed by atoms with Crippen LogP contribution in [0.25, 0.3) is 0 Å². The van der Waals surface area contributed by atoms with Gasteiger partial charge >= 0.3 is 0 Å². The highest BCUT2D eigenvalue weighted by Crippen LogP contribution is 2.42. The van der Waals surface area contributed by atoms with E-state index in [1.807, 2.05) is 0 Å². The van der Waals surface area contributed by atoms with Crippen LogP contribution in [0.5, 0.6) is 0 Å². The summed E-state index contributed by atoms with van der Waals surface area (Å²) in [5.74, 6) is 0.847. The molecule has 0 bridgehead atoms. The maximum absolute atomic E-state index is 6.29. The first-order valence-corrected chi connectivity index (χ1v) is 9.67.